The summed E-state index contributed by atoms with van der Waals surface area (Å²) in [6.07, 6.45) is 1.18. The van der Waals surface area contributed by atoms with E-state index in [0.29, 0.717) is 17.4 Å². The van der Waals surface area contributed by atoms with Crippen LogP contribution in [0.15, 0.2) is 5.38 Å². The van der Waals surface area contributed by atoms with E-state index in [0.717, 1.165) is 5.75 Å². The second-order valence-corrected chi connectivity index (χ2v) is 9.29. The van der Waals surface area contributed by atoms with Crippen molar-refractivity contribution >= 4 is 23.1 Å². The lowest BCUT2D eigenvalue weighted by molar-refractivity contribution is 0.211. The number of rotatable bonds is 4. The molecule has 114 valence electrons. The summed E-state index contributed by atoms with van der Waals surface area (Å²) < 4.78 is 0. The van der Waals surface area contributed by atoms with Gasteiger partial charge in [0.15, 0.2) is 0 Å². The third kappa shape index (κ3) is 3.58. The minimum absolute atomic E-state index is 0.0540. The first-order valence-corrected chi connectivity index (χ1v) is 9.59. The Bertz CT molecular complexity index is 451. The van der Waals surface area contributed by atoms with E-state index >= 15 is 0 Å². The molecule has 4 heteroatoms. The molecule has 0 radical (unpaired) electrons. The lowest BCUT2D eigenvalue weighted by atomic mass is 9.79. The predicted octanol–water partition coefficient (Wildman–Crippen LogP) is 4.62. The molecule has 0 saturated carbocycles. The van der Waals surface area contributed by atoms with Gasteiger partial charge in [-0.2, -0.15) is 11.8 Å². The van der Waals surface area contributed by atoms with E-state index in [-0.39, 0.29) is 5.54 Å². The fourth-order valence-corrected chi connectivity index (χ4v) is 5.70. The number of hydrogen-bond donors (Lipinski definition) is 1. The van der Waals surface area contributed by atoms with Gasteiger partial charge >= 0.3 is 0 Å². The first-order valence-electron chi connectivity index (χ1n) is 7.55. The van der Waals surface area contributed by atoms with Crippen molar-refractivity contribution in [2.45, 2.75) is 65.5 Å². The molecule has 1 aromatic heterocycles. The average Bonchev–Trinajstić information content (AvgIpc) is 2.75. The summed E-state index contributed by atoms with van der Waals surface area (Å²) in [4.78, 5) is 4.97. The van der Waals surface area contributed by atoms with Crippen LogP contribution in [0.25, 0.3) is 0 Å². The molecule has 20 heavy (non-hydrogen) atoms. The molecule has 0 bridgehead atoms. The van der Waals surface area contributed by atoms with Gasteiger partial charge in [0.1, 0.15) is 5.01 Å². The Hall–Kier alpha value is -0.0600. The standard InChI is InChI=1S/C16H28N2S2/c1-11(2)13-7-20-14(17-13)16(18-12(3)4)8-15(5,6)9-19-10-16/h7,11-12,18H,8-10H2,1-6H3. The van der Waals surface area contributed by atoms with Crippen LogP contribution in [0, 0.1) is 5.41 Å². The van der Waals surface area contributed by atoms with E-state index in [1.165, 1.54) is 22.9 Å². The maximum Gasteiger partial charge on any atom is 0.114 e. The molecular weight excluding hydrogens is 284 g/mol. The van der Waals surface area contributed by atoms with Crippen LogP contribution < -0.4 is 5.32 Å². The van der Waals surface area contributed by atoms with Crippen LogP contribution in [0.4, 0.5) is 0 Å². The number of thiazole rings is 1. The summed E-state index contributed by atoms with van der Waals surface area (Å²) in [7, 11) is 0. The molecule has 1 N–H and O–H groups in total. The smallest absolute Gasteiger partial charge is 0.114 e. The highest BCUT2D eigenvalue weighted by Gasteiger charge is 2.44. The summed E-state index contributed by atoms with van der Waals surface area (Å²) in [5.41, 5.74) is 1.66. The Balaban J connectivity index is 2.35. The maximum absolute atomic E-state index is 4.97. The van der Waals surface area contributed by atoms with Gasteiger partial charge in [0, 0.05) is 17.2 Å². The highest BCUT2D eigenvalue weighted by molar-refractivity contribution is 7.99. The van der Waals surface area contributed by atoms with Crippen LogP contribution in [0.3, 0.4) is 0 Å². The van der Waals surface area contributed by atoms with E-state index in [9.17, 15) is 0 Å². The molecule has 2 rings (SSSR count). The molecule has 1 aliphatic heterocycles. The van der Waals surface area contributed by atoms with Crippen molar-refractivity contribution in [3.8, 4) is 0 Å². The van der Waals surface area contributed by atoms with E-state index in [4.69, 9.17) is 4.98 Å². The molecule has 1 aliphatic rings. The van der Waals surface area contributed by atoms with Gasteiger partial charge in [0.05, 0.1) is 11.2 Å². The summed E-state index contributed by atoms with van der Waals surface area (Å²) in [5.74, 6) is 2.90. The topological polar surface area (TPSA) is 24.9 Å². The Morgan fingerprint density at radius 2 is 1.90 bits per heavy atom. The van der Waals surface area contributed by atoms with Gasteiger partial charge < -0.3 is 5.32 Å². The van der Waals surface area contributed by atoms with Gasteiger partial charge in [-0.1, -0.05) is 27.7 Å². The van der Waals surface area contributed by atoms with Gasteiger partial charge in [0.2, 0.25) is 0 Å². The predicted molar refractivity (Wildman–Crippen MR) is 91.9 cm³/mol. The second-order valence-electron chi connectivity index (χ2n) is 7.45. The first-order chi connectivity index (χ1) is 9.24. The highest BCUT2D eigenvalue weighted by atomic mass is 32.2. The third-order valence-electron chi connectivity index (χ3n) is 3.71. The number of nitrogens with zero attached hydrogens (tertiary/aromatic N) is 1. The third-order valence-corrected chi connectivity index (χ3v) is 6.46. The zero-order chi connectivity index (χ0) is 15.0. The summed E-state index contributed by atoms with van der Waals surface area (Å²) in [6.45, 7) is 13.7. The zero-order valence-corrected chi connectivity index (χ0v) is 15.3. The molecule has 1 atom stereocenters. The van der Waals surface area contributed by atoms with E-state index in [1.807, 2.05) is 11.3 Å². The second kappa shape index (κ2) is 5.98. The van der Waals surface area contributed by atoms with Crippen LogP contribution in [0.2, 0.25) is 0 Å². The normalized spacial score (nSPS) is 26.4. The molecule has 1 saturated heterocycles. The van der Waals surface area contributed by atoms with Gasteiger partial charge in [-0.3, -0.25) is 0 Å². The number of nitrogens with one attached hydrogen (secondary N) is 1. The molecule has 1 aromatic rings. The molecule has 0 spiro atoms. The summed E-state index contributed by atoms with van der Waals surface area (Å²) in [5, 5.41) is 7.38. The van der Waals surface area contributed by atoms with Crippen LogP contribution in [-0.4, -0.2) is 22.5 Å². The van der Waals surface area contributed by atoms with Crippen LogP contribution >= 0.6 is 23.1 Å². The molecule has 0 aromatic carbocycles. The monoisotopic (exact) mass is 312 g/mol. The Labute approximate surface area is 132 Å². The highest BCUT2D eigenvalue weighted by Crippen LogP contribution is 2.45. The average molecular weight is 313 g/mol. The van der Waals surface area contributed by atoms with Crippen LogP contribution in [-0.2, 0) is 5.54 Å². The van der Waals surface area contributed by atoms with Crippen molar-refractivity contribution in [1.82, 2.24) is 10.3 Å². The van der Waals surface area contributed by atoms with E-state index < -0.39 is 0 Å². The Kier molecular flexibility index (Phi) is 4.87. The fraction of sp³-hybridized carbons (Fsp3) is 0.812. The molecule has 1 unspecified atom stereocenters. The van der Waals surface area contributed by atoms with Crippen molar-refractivity contribution in [1.29, 1.82) is 0 Å². The van der Waals surface area contributed by atoms with Gasteiger partial charge in [-0.25, -0.2) is 4.98 Å². The summed E-state index contributed by atoms with van der Waals surface area (Å²) >= 11 is 3.91. The van der Waals surface area contributed by atoms with E-state index in [1.54, 1.807) is 0 Å². The largest absolute Gasteiger partial charge is 0.302 e. The SMILES string of the molecule is CC(C)NC1(c2nc(C(C)C)cs2)CSCC(C)(C)C1. The fourth-order valence-electron chi connectivity index (χ4n) is 3.04. The van der Waals surface area contributed by atoms with Crippen molar-refractivity contribution in [3.63, 3.8) is 0 Å². The van der Waals surface area contributed by atoms with Crippen LogP contribution in [0.5, 0.6) is 0 Å². The number of thioether (sulfide) groups is 1. The molecule has 2 heterocycles. The van der Waals surface area contributed by atoms with Gasteiger partial charge in [-0.15, -0.1) is 11.3 Å². The quantitative estimate of drug-likeness (QED) is 0.878. The van der Waals surface area contributed by atoms with Gasteiger partial charge in [0.25, 0.3) is 0 Å². The number of aromatic nitrogens is 1. The van der Waals surface area contributed by atoms with E-state index in [2.05, 4.69) is 64.0 Å². The minimum atomic E-state index is 0.0540. The maximum atomic E-state index is 4.97. The lowest BCUT2D eigenvalue weighted by Crippen LogP contribution is -2.53. The van der Waals surface area contributed by atoms with Crippen molar-refractivity contribution in [2.24, 2.45) is 5.41 Å². The lowest BCUT2D eigenvalue weighted by Gasteiger charge is -2.45. The van der Waals surface area contributed by atoms with Gasteiger partial charge in [-0.05, 0) is 37.4 Å². The molecular formula is C16H28N2S2. The Morgan fingerprint density at radius 3 is 2.40 bits per heavy atom. The molecule has 0 aliphatic carbocycles. The van der Waals surface area contributed by atoms with Crippen molar-refractivity contribution in [3.05, 3.63) is 16.1 Å². The number of hydrogen-bond acceptors (Lipinski definition) is 4. The molecule has 1 fully saturated rings. The molecule has 2 nitrogen and oxygen atoms in total. The molecule has 0 amide bonds. The van der Waals surface area contributed by atoms with Crippen LogP contribution in [0.1, 0.15) is 64.6 Å². The zero-order valence-electron chi connectivity index (χ0n) is 13.6. The van der Waals surface area contributed by atoms with Crippen molar-refractivity contribution in [2.75, 3.05) is 11.5 Å². The van der Waals surface area contributed by atoms with Crippen molar-refractivity contribution < 1.29 is 0 Å². The summed E-state index contributed by atoms with van der Waals surface area (Å²) in [6, 6.07) is 0.482. The minimum Gasteiger partial charge on any atom is -0.302 e. The Morgan fingerprint density at radius 1 is 1.20 bits per heavy atom. The first kappa shape index (κ1) is 16.3.